The number of amides is 1. The van der Waals surface area contributed by atoms with Gasteiger partial charge in [0.05, 0.1) is 29.5 Å². The minimum absolute atomic E-state index is 0.138. The molecule has 0 saturated heterocycles. The van der Waals surface area contributed by atoms with Gasteiger partial charge in [-0.3, -0.25) is 14.7 Å². The van der Waals surface area contributed by atoms with E-state index in [1.165, 1.54) is 0 Å². The molecule has 0 bridgehead atoms. The minimum atomic E-state index is -0.484. The third kappa shape index (κ3) is 4.15. The fourth-order valence-electron chi connectivity index (χ4n) is 5.00. The summed E-state index contributed by atoms with van der Waals surface area (Å²) in [6.07, 6.45) is 7.77. The Hall–Kier alpha value is -3.13. The summed E-state index contributed by atoms with van der Waals surface area (Å²) in [5.41, 5.74) is 1.54. The molecule has 0 unspecified atom stereocenters. The summed E-state index contributed by atoms with van der Waals surface area (Å²) in [6.45, 7) is 4.06. The van der Waals surface area contributed by atoms with Crippen LogP contribution in [0.3, 0.4) is 0 Å². The van der Waals surface area contributed by atoms with Crippen LogP contribution in [0.1, 0.15) is 67.7 Å². The number of carbonyl (C=O) groups excluding carboxylic acids is 1. The molecule has 0 radical (unpaired) electrons. The molecule has 1 amide bonds. The Labute approximate surface area is 192 Å². The maximum Gasteiger partial charge on any atom is 0.325 e. The van der Waals surface area contributed by atoms with Crippen molar-refractivity contribution in [1.29, 1.82) is 0 Å². The Morgan fingerprint density at radius 3 is 2.73 bits per heavy atom. The van der Waals surface area contributed by atoms with E-state index in [0.717, 1.165) is 54.2 Å². The third-order valence-electron chi connectivity index (χ3n) is 7.09. The molecule has 0 aliphatic heterocycles. The number of fused-ring (bicyclic) bond motifs is 1. The van der Waals surface area contributed by atoms with Crippen molar-refractivity contribution in [3.8, 4) is 5.75 Å². The van der Waals surface area contributed by atoms with E-state index >= 15 is 0 Å². The molecule has 5 rings (SSSR count). The Bertz CT molecular complexity index is 1190. The van der Waals surface area contributed by atoms with Gasteiger partial charge >= 0.3 is 11.6 Å². The maximum absolute atomic E-state index is 12.9. The number of carbonyl (C=O) groups is 1. The minimum Gasteiger partial charge on any atom is -0.492 e. The molecule has 2 aromatic heterocycles. The average Bonchev–Trinajstić information content (AvgIpc) is 3.58. The van der Waals surface area contributed by atoms with Crippen molar-refractivity contribution >= 4 is 22.5 Å². The van der Waals surface area contributed by atoms with E-state index in [1.807, 2.05) is 29.9 Å². The van der Waals surface area contributed by atoms with Gasteiger partial charge < -0.3 is 15.2 Å². The molecule has 174 valence electrons. The summed E-state index contributed by atoms with van der Waals surface area (Å²) in [5.74, 6) is 0.592. The fraction of sp³-hybridized carbons (Fsp3) is 0.480. The summed E-state index contributed by atoms with van der Waals surface area (Å²) in [4.78, 5) is 12.9. The van der Waals surface area contributed by atoms with Crippen molar-refractivity contribution in [2.45, 2.75) is 64.0 Å². The van der Waals surface area contributed by atoms with Crippen LogP contribution in [0.25, 0.3) is 10.9 Å². The lowest BCUT2D eigenvalue weighted by Gasteiger charge is -2.36. The van der Waals surface area contributed by atoms with Crippen LogP contribution in [-0.2, 0) is 0 Å². The van der Waals surface area contributed by atoms with Gasteiger partial charge in [-0.05, 0) is 63.5 Å². The summed E-state index contributed by atoms with van der Waals surface area (Å²) < 4.78 is 8.66. The van der Waals surface area contributed by atoms with E-state index in [1.54, 1.807) is 25.1 Å². The van der Waals surface area contributed by atoms with Crippen LogP contribution in [0, 0.1) is 12.8 Å². The van der Waals surface area contributed by atoms with Gasteiger partial charge in [-0.15, -0.1) is 0 Å². The van der Waals surface area contributed by atoms with Crippen LogP contribution < -0.4 is 14.8 Å². The lowest BCUT2D eigenvalue weighted by Crippen LogP contribution is -2.42. The van der Waals surface area contributed by atoms with Crippen molar-refractivity contribution in [2.24, 2.45) is 5.92 Å². The van der Waals surface area contributed by atoms with E-state index in [4.69, 9.17) is 9.84 Å². The third-order valence-corrected chi connectivity index (χ3v) is 7.09. The number of nitrogens with zero attached hydrogens (tertiary/aromatic N) is 3. The number of nitrogens with one attached hydrogen (secondary N) is 1. The van der Waals surface area contributed by atoms with E-state index < -0.39 is 11.5 Å². The van der Waals surface area contributed by atoms with E-state index in [-0.39, 0.29) is 11.7 Å². The molecule has 2 aliphatic carbocycles. The second-order valence-electron chi connectivity index (χ2n) is 9.38. The second kappa shape index (κ2) is 8.33. The van der Waals surface area contributed by atoms with Gasteiger partial charge in [-0.1, -0.05) is 0 Å². The van der Waals surface area contributed by atoms with Crippen LogP contribution in [-0.4, -0.2) is 38.2 Å². The quantitative estimate of drug-likeness (QED) is 0.391. The van der Waals surface area contributed by atoms with E-state index in [9.17, 15) is 15.1 Å². The number of pyridine rings is 1. The Balaban J connectivity index is 1.40. The first-order valence-electron chi connectivity index (χ1n) is 11.8. The van der Waals surface area contributed by atoms with Crippen LogP contribution in [0.5, 0.6) is 5.75 Å². The van der Waals surface area contributed by atoms with Gasteiger partial charge in [0, 0.05) is 41.4 Å². The van der Waals surface area contributed by atoms with Crippen LogP contribution in [0.2, 0.25) is 0 Å². The summed E-state index contributed by atoms with van der Waals surface area (Å²) in [5, 5.41) is 29.6. The Morgan fingerprint density at radius 1 is 1.27 bits per heavy atom. The molecule has 8 heteroatoms. The zero-order valence-electron chi connectivity index (χ0n) is 19.1. The molecule has 3 aromatic rings. The summed E-state index contributed by atoms with van der Waals surface area (Å²) in [6, 6.07) is 8.97. The van der Waals surface area contributed by atoms with Crippen LogP contribution in [0.15, 0.2) is 36.5 Å². The molecular weight excluding hydrogens is 420 g/mol. The number of hydrogen-bond acceptors (Lipinski definition) is 5. The number of hydrogen-bond donors (Lipinski definition) is 3. The highest BCUT2D eigenvalue weighted by atomic mass is 16.5. The molecule has 1 aromatic carbocycles. The number of ether oxygens (including phenoxy) is 1. The number of benzene rings is 1. The molecule has 33 heavy (non-hydrogen) atoms. The van der Waals surface area contributed by atoms with Crippen LogP contribution >= 0.6 is 0 Å². The first-order chi connectivity index (χ1) is 15.9. The SMILES string of the molecule is CCOc1cc2nn(C3CCC(O)(C4CC4)CC3)cc2cc1NC(=O)c1cccc(C)[n+]1O. The van der Waals surface area contributed by atoms with Crippen molar-refractivity contribution in [2.75, 3.05) is 11.9 Å². The van der Waals surface area contributed by atoms with Gasteiger partial charge in [0.25, 0.3) is 0 Å². The number of anilines is 1. The predicted molar refractivity (Wildman–Crippen MR) is 123 cm³/mol. The standard InChI is InChI=1S/C25H30N4O4/c1-3-33-23-14-20-17(13-21(23)26-24(30)22-6-4-5-16(2)29(22)32)15-28(27-20)19-9-11-25(31,12-10-19)18-7-8-18/h4-6,13-15,18-19,31H,3,7-12H2,1-2H3,(H-,26,30,32)/p+1. The van der Waals surface area contributed by atoms with Crippen molar-refractivity contribution in [1.82, 2.24) is 9.78 Å². The van der Waals surface area contributed by atoms with Gasteiger partial charge in [0.15, 0.2) is 0 Å². The number of aryl methyl sites for hydroxylation is 1. The predicted octanol–water partition coefficient (Wildman–Crippen LogP) is 3.78. The zero-order valence-corrected chi connectivity index (χ0v) is 19.1. The highest BCUT2D eigenvalue weighted by Crippen LogP contribution is 2.49. The van der Waals surface area contributed by atoms with E-state index in [0.29, 0.717) is 29.7 Å². The number of aliphatic hydroxyl groups is 1. The molecule has 8 nitrogen and oxygen atoms in total. The first-order valence-corrected chi connectivity index (χ1v) is 11.8. The van der Waals surface area contributed by atoms with Gasteiger partial charge in [-0.25, -0.2) is 0 Å². The number of aromatic nitrogens is 3. The van der Waals surface area contributed by atoms with Crippen molar-refractivity contribution < 1.29 is 24.6 Å². The largest absolute Gasteiger partial charge is 0.492 e. The first kappa shape index (κ1) is 21.7. The summed E-state index contributed by atoms with van der Waals surface area (Å²) in [7, 11) is 0. The molecule has 2 heterocycles. The fourth-order valence-corrected chi connectivity index (χ4v) is 5.00. The molecule has 0 spiro atoms. The Kier molecular flexibility index (Phi) is 5.48. The van der Waals surface area contributed by atoms with Gasteiger partial charge in [0.1, 0.15) is 5.75 Å². The molecule has 2 saturated carbocycles. The maximum atomic E-state index is 12.9. The lowest BCUT2D eigenvalue weighted by atomic mass is 9.79. The number of rotatable bonds is 6. The smallest absolute Gasteiger partial charge is 0.325 e. The van der Waals surface area contributed by atoms with Gasteiger partial charge in [0.2, 0.25) is 5.69 Å². The zero-order chi connectivity index (χ0) is 23.2. The molecule has 0 atom stereocenters. The highest BCUT2D eigenvalue weighted by molar-refractivity contribution is 6.04. The topological polar surface area (TPSA) is 100 Å². The average molecular weight is 452 g/mol. The van der Waals surface area contributed by atoms with Crippen molar-refractivity contribution in [3.05, 3.63) is 47.9 Å². The van der Waals surface area contributed by atoms with Gasteiger partial charge in [-0.2, -0.15) is 5.10 Å². The second-order valence-corrected chi connectivity index (χ2v) is 9.38. The molecule has 3 N–H and O–H groups in total. The Morgan fingerprint density at radius 2 is 2.03 bits per heavy atom. The summed E-state index contributed by atoms with van der Waals surface area (Å²) >= 11 is 0. The molecular formula is C25H31N4O4+. The van der Waals surface area contributed by atoms with Crippen LogP contribution in [0.4, 0.5) is 5.69 Å². The molecule has 2 aliphatic rings. The highest BCUT2D eigenvalue weighted by Gasteiger charge is 2.45. The van der Waals surface area contributed by atoms with E-state index in [2.05, 4.69) is 5.32 Å². The molecule has 2 fully saturated rings. The monoisotopic (exact) mass is 451 g/mol. The normalized spacial score (nSPS) is 22.9. The lowest BCUT2D eigenvalue weighted by molar-refractivity contribution is -0.909. The van der Waals surface area contributed by atoms with Crippen molar-refractivity contribution in [3.63, 3.8) is 0 Å².